The number of hydrogen-bond acceptors (Lipinski definition) is 17. The predicted molar refractivity (Wildman–Crippen MR) is 152 cm³/mol. The van der Waals surface area contributed by atoms with Crippen molar-refractivity contribution in [3.63, 3.8) is 0 Å². The normalized spacial score (nSPS) is 30.6. The van der Waals surface area contributed by atoms with E-state index in [2.05, 4.69) is 0 Å². The number of benzene rings is 2. The predicted octanol–water partition coefficient (Wildman–Crippen LogP) is -1.75. The summed E-state index contributed by atoms with van der Waals surface area (Å²) in [6, 6.07) is 9.82. The highest BCUT2D eigenvalue weighted by Gasteiger charge is 2.49. The van der Waals surface area contributed by atoms with Crippen molar-refractivity contribution in [1.29, 1.82) is 0 Å². The van der Waals surface area contributed by atoms with Crippen molar-refractivity contribution in [2.45, 2.75) is 81.9 Å². The molecule has 2 aromatic carbocycles. The Morgan fingerprint density at radius 3 is 2.04 bits per heavy atom. The van der Waals surface area contributed by atoms with Crippen LogP contribution in [0.3, 0.4) is 0 Å². The van der Waals surface area contributed by atoms with Crippen LogP contribution in [0.4, 0.5) is 0 Å². The molecule has 17 nitrogen and oxygen atoms in total. The molecule has 258 valence electrons. The van der Waals surface area contributed by atoms with Crippen molar-refractivity contribution in [2.75, 3.05) is 13.2 Å². The van der Waals surface area contributed by atoms with E-state index in [0.717, 1.165) is 19.9 Å². The number of esters is 3. The van der Waals surface area contributed by atoms with Crippen LogP contribution in [0.1, 0.15) is 29.8 Å². The molecule has 2 aliphatic rings. The van der Waals surface area contributed by atoms with E-state index in [-0.39, 0.29) is 17.1 Å². The van der Waals surface area contributed by atoms with Gasteiger partial charge in [-0.2, -0.15) is 0 Å². The van der Waals surface area contributed by atoms with Crippen LogP contribution in [0.15, 0.2) is 42.5 Å². The van der Waals surface area contributed by atoms with Gasteiger partial charge in [-0.05, 0) is 18.2 Å². The maximum atomic E-state index is 13.3. The first-order valence-electron chi connectivity index (χ1n) is 14.3. The summed E-state index contributed by atoms with van der Waals surface area (Å²) >= 11 is 0. The number of carbonyl (C=O) groups is 3. The molecule has 0 spiro atoms. The summed E-state index contributed by atoms with van der Waals surface area (Å²) in [6.45, 7) is 0.517. The molecule has 47 heavy (non-hydrogen) atoms. The summed E-state index contributed by atoms with van der Waals surface area (Å²) in [5.41, 5.74) is -0.256. The number of rotatable bonds is 11. The first kappa shape index (κ1) is 35.8. The Balaban J connectivity index is 1.52. The number of phenolic OH excluding ortho intramolecular Hbond substituents is 1. The highest BCUT2D eigenvalue weighted by molar-refractivity contribution is 5.95. The van der Waals surface area contributed by atoms with Gasteiger partial charge in [0.15, 0.2) is 6.10 Å². The topological polar surface area (TPSA) is 257 Å². The molecule has 2 fully saturated rings. The van der Waals surface area contributed by atoms with Crippen LogP contribution < -0.4 is 9.47 Å². The molecule has 0 aliphatic carbocycles. The summed E-state index contributed by atoms with van der Waals surface area (Å²) in [5, 5.41) is 71.7. The zero-order chi connectivity index (χ0) is 34.4. The molecule has 10 atom stereocenters. The highest BCUT2D eigenvalue weighted by atomic mass is 16.7. The highest BCUT2D eigenvalue weighted by Crippen LogP contribution is 2.34. The lowest BCUT2D eigenvalue weighted by molar-refractivity contribution is -0.282. The molecule has 0 saturated carbocycles. The molecule has 2 aromatic rings. The van der Waals surface area contributed by atoms with Gasteiger partial charge in [0, 0.05) is 19.4 Å². The SMILES string of the molecule is CC(=O)OCC1OC(Oc2cccc(O)c2C(=O)OCc2ccccc2OC2OC(CO)C(O)C(O)C2O)C(OC(C)=O)C(O)C1O. The maximum Gasteiger partial charge on any atom is 0.346 e. The Kier molecular flexibility index (Phi) is 11.9. The van der Waals surface area contributed by atoms with Crippen molar-refractivity contribution >= 4 is 17.9 Å². The van der Waals surface area contributed by atoms with E-state index in [9.17, 15) is 50.1 Å². The van der Waals surface area contributed by atoms with Crippen molar-refractivity contribution in [3.05, 3.63) is 53.6 Å². The van der Waals surface area contributed by atoms with Crippen molar-refractivity contribution < 1.29 is 83.3 Å². The van der Waals surface area contributed by atoms with Gasteiger partial charge in [0.2, 0.25) is 12.6 Å². The van der Waals surface area contributed by atoms with Crippen LogP contribution in [0.2, 0.25) is 0 Å². The molecule has 4 rings (SSSR count). The fourth-order valence-corrected chi connectivity index (χ4v) is 4.85. The minimum Gasteiger partial charge on any atom is -0.507 e. The quantitative estimate of drug-likeness (QED) is 0.103. The first-order valence-corrected chi connectivity index (χ1v) is 14.3. The number of hydrogen-bond donors (Lipinski definition) is 7. The Labute approximate surface area is 267 Å². The van der Waals surface area contributed by atoms with Gasteiger partial charge in [-0.25, -0.2) is 4.79 Å². The summed E-state index contributed by atoms with van der Waals surface area (Å²) in [5.74, 6) is -3.56. The number of carbonyl (C=O) groups excluding carboxylic acids is 3. The summed E-state index contributed by atoms with van der Waals surface area (Å²) in [4.78, 5) is 36.4. The van der Waals surface area contributed by atoms with Crippen LogP contribution in [0.25, 0.3) is 0 Å². The summed E-state index contributed by atoms with van der Waals surface area (Å²) in [7, 11) is 0. The average Bonchev–Trinajstić information content (AvgIpc) is 3.03. The van der Waals surface area contributed by atoms with Gasteiger partial charge in [-0.1, -0.05) is 24.3 Å². The van der Waals surface area contributed by atoms with E-state index in [0.29, 0.717) is 0 Å². The van der Waals surface area contributed by atoms with E-state index < -0.39 is 110 Å². The van der Waals surface area contributed by atoms with Gasteiger partial charge >= 0.3 is 17.9 Å². The van der Waals surface area contributed by atoms with E-state index in [4.69, 9.17) is 33.2 Å². The largest absolute Gasteiger partial charge is 0.507 e. The zero-order valence-electron chi connectivity index (χ0n) is 25.1. The monoisotopic (exact) mass is 668 g/mol. The molecule has 2 saturated heterocycles. The molecule has 17 heteroatoms. The molecular weight excluding hydrogens is 632 g/mol. The van der Waals surface area contributed by atoms with Gasteiger partial charge in [0.1, 0.15) is 78.8 Å². The summed E-state index contributed by atoms with van der Waals surface area (Å²) in [6.07, 6.45) is -15.8. The second-order valence-electron chi connectivity index (χ2n) is 10.7. The summed E-state index contributed by atoms with van der Waals surface area (Å²) < 4.78 is 37.9. The lowest BCUT2D eigenvalue weighted by Crippen LogP contribution is -2.61. The minimum atomic E-state index is -1.77. The van der Waals surface area contributed by atoms with Crippen LogP contribution in [-0.4, -0.2) is 128 Å². The molecule has 0 radical (unpaired) electrons. The van der Waals surface area contributed by atoms with E-state index >= 15 is 0 Å². The van der Waals surface area contributed by atoms with Crippen molar-refractivity contribution in [2.24, 2.45) is 0 Å². The molecule has 10 unspecified atom stereocenters. The number of aliphatic hydroxyl groups excluding tert-OH is 6. The number of phenols is 1. The Bertz CT molecular complexity index is 1400. The van der Waals surface area contributed by atoms with Crippen molar-refractivity contribution in [3.8, 4) is 17.2 Å². The van der Waals surface area contributed by atoms with Crippen LogP contribution in [0, 0.1) is 0 Å². The fourth-order valence-electron chi connectivity index (χ4n) is 4.85. The number of ether oxygens (including phenoxy) is 7. The third kappa shape index (κ3) is 8.45. The second-order valence-corrected chi connectivity index (χ2v) is 10.7. The molecule has 0 bridgehead atoms. The number of aliphatic hydroxyl groups is 6. The standard InChI is InChI=1S/C30H36O17/c1-13(32)41-12-20-23(36)25(38)27(43-14(2)33)30(47-20)45-18-9-5-7-16(34)21(18)28(40)42-11-15-6-3-4-8-17(15)44-29-26(39)24(37)22(35)19(10-31)46-29/h3-9,19-20,22-27,29-31,34-39H,10-12H2,1-2H3. The lowest BCUT2D eigenvalue weighted by atomic mass is 9.99. The Hall–Kier alpha value is -4.07. The van der Waals surface area contributed by atoms with Gasteiger partial charge < -0.3 is 68.9 Å². The van der Waals surface area contributed by atoms with E-state index in [1.54, 1.807) is 12.1 Å². The zero-order valence-corrected chi connectivity index (χ0v) is 25.1. The molecule has 7 N–H and O–H groups in total. The van der Waals surface area contributed by atoms with E-state index in [1.807, 2.05) is 0 Å². The molecule has 0 aromatic heterocycles. The first-order chi connectivity index (χ1) is 22.3. The molecular formula is C30H36O17. The fraction of sp³-hybridized carbons (Fsp3) is 0.500. The van der Waals surface area contributed by atoms with Gasteiger partial charge in [0.25, 0.3) is 0 Å². The minimum absolute atomic E-state index is 0.0459. The smallest absolute Gasteiger partial charge is 0.346 e. The Morgan fingerprint density at radius 2 is 1.36 bits per heavy atom. The number of aromatic hydroxyl groups is 1. The molecule has 2 heterocycles. The van der Waals surface area contributed by atoms with Crippen LogP contribution >= 0.6 is 0 Å². The average molecular weight is 669 g/mol. The third-order valence-electron chi connectivity index (χ3n) is 7.27. The van der Waals surface area contributed by atoms with E-state index in [1.165, 1.54) is 24.3 Å². The van der Waals surface area contributed by atoms with Crippen LogP contribution in [0.5, 0.6) is 17.2 Å². The van der Waals surface area contributed by atoms with Crippen LogP contribution in [-0.2, 0) is 39.9 Å². The Morgan fingerprint density at radius 1 is 0.723 bits per heavy atom. The second kappa shape index (κ2) is 15.7. The van der Waals surface area contributed by atoms with Gasteiger partial charge in [-0.3, -0.25) is 9.59 Å². The van der Waals surface area contributed by atoms with Gasteiger partial charge in [0.05, 0.1) is 6.61 Å². The van der Waals surface area contributed by atoms with Gasteiger partial charge in [-0.15, -0.1) is 0 Å². The lowest BCUT2D eigenvalue weighted by Gasteiger charge is -2.41. The maximum absolute atomic E-state index is 13.3. The van der Waals surface area contributed by atoms with Crippen molar-refractivity contribution in [1.82, 2.24) is 0 Å². The third-order valence-corrected chi connectivity index (χ3v) is 7.27. The number of para-hydroxylation sites is 1. The molecule has 2 aliphatic heterocycles. The molecule has 0 amide bonds.